The zero-order chi connectivity index (χ0) is 25.7. The first kappa shape index (κ1) is 25.5. The number of nitrogens with one attached hydrogen (secondary N) is 1. The number of nitro groups is 1. The molecule has 1 amide bonds. The zero-order valence-corrected chi connectivity index (χ0v) is 21.1. The SMILES string of the molecule is COc1ccc(C(=O)NC(=S)N2CCN(c3ccc([N+](=O)[O-])c(N4CCOCC4)c3)CC2)cc1OC. The molecule has 12 heteroatoms. The molecule has 4 rings (SSSR count). The topological polar surface area (TPSA) is 110 Å². The van der Waals surface area contributed by atoms with Gasteiger partial charge in [-0.3, -0.25) is 20.2 Å². The highest BCUT2D eigenvalue weighted by Gasteiger charge is 2.25. The molecule has 0 atom stereocenters. The van der Waals surface area contributed by atoms with E-state index in [1.165, 1.54) is 14.2 Å². The van der Waals surface area contributed by atoms with E-state index in [1.807, 2.05) is 15.9 Å². The highest BCUT2D eigenvalue weighted by atomic mass is 32.1. The molecule has 2 aromatic rings. The van der Waals surface area contributed by atoms with E-state index in [0.29, 0.717) is 80.3 Å². The summed E-state index contributed by atoms with van der Waals surface area (Å²) in [6.45, 7) is 4.86. The molecule has 11 nitrogen and oxygen atoms in total. The number of ether oxygens (including phenoxy) is 3. The minimum absolute atomic E-state index is 0.0957. The van der Waals surface area contributed by atoms with Gasteiger partial charge in [-0.25, -0.2) is 0 Å². The second-order valence-corrected chi connectivity index (χ2v) is 8.72. The second-order valence-electron chi connectivity index (χ2n) is 8.33. The Morgan fingerprint density at radius 3 is 2.31 bits per heavy atom. The Bertz CT molecular complexity index is 1130. The maximum Gasteiger partial charge on any atom is 0.292 e. The van der Waals surface area contributed by atoms with Crippen LogP contribution in [-0.4, -0.2) is 87.5 Å². The number of amides is 1. The molecule has 2 saturated heterocycles. The average molecular weight is 516 g/mol. The van der Waals surface area contributed by atoms with Crippen LogP contribution in [0.25, 0.3) is 0 Å². The molecular weight excluding hydrogens is 486 g/mol. The summed E-state index contributed by atoms with van der Waals surface area (Å²) in [6, 6.07) is 10.2. The number of carbonyl (C=O) groups is 1. The molecule has 0 saturated carbocycles. The fourth-order valence-corrected chi connectivity index (χ4v) is 4.59. The molecule has 0 radical (unpaired) electrons. The van der Waals surface area contributed by atoms with Gasteiger partial charge in [-0.05, 0) is 42.5 Å². The first-order chi connectivity index (χ1) is 17.4. The molecule has 2 aliphatic rings. The summed E-state index contributed by atoms with van der Waals surface area (Å²) in [6.07, 6.45) is 0. The van der Waals surface area contributed by atoms with Gasteiger partial charge in [0.2, 0.25) is 0 Å². The number of methoxy groups -OCH3 is 2. The predicted molar refractivity (Wildman–Crippen MR) is 140 cm³/mol. The number of nitro benzene ring substituents is 1. The molecule has 0 bridgehead atoms. The number of carbonyl (C=O) groups excluding carboxylic acids is 1. The van der Waals surface area contributed by atoms with Gasteiger partial charge in [0.15, 0.2) is 16.6 Å². The second kappa shape index (κ2) is 11.4. The van der Waals surface area contributed by atoms with E-state index in [9.17, 15) is 14.9 Å². The number of hydrogen-bond donors (Lipinski definition) is 1. The average Bonchev–Trinajstić information content (AvgIpc) is 2.92. The van der Waals surface area contributed by atoms with Crippen LogP contribution in [0.1, 0.15) is 10.4 Å². The molecule has 0 unspecified atom stereocenters. The van der Waals surface area contributed by atoms with Crippen molar-refractivity contribution in [1.29, 1.82) is 0 Å². The van der Waals surface area contributed by atoms with E-state index in [4.69, 9.17) is 26.4 Å². The van der Waals surface area contributed by atoms with Gasteiger partial charge in [0, 0.05) is 56.6 Å². The van der Waals surface area contributed by atoms with Crippen LogP contribution in [0.15, 0.2) is 36.4 Å². The van der Waals surface area contributed by atoms with Gasteiger partial charge in [0.05, 0.1) is 32.4 Å². The van der Waals surface area contributed by atoms with E-state index < -0.39 is 0 Å². The summed E-state index contributed by atoms with van der Waals surface area (Å²) < 4.78 is 15.9. The minimum atomic E-state index is -0.341. The molecule has 36 heavy (non-hydrogen) atoms. The quantitative estimate of drug-likeness (QED) is 0.350. The van der Waals surface area contributed by atoms with Crippen LogP contribution in [0, 0.1) is 10.1 Å². The summed E-state index contributed by atoms with van der Waals surface area (Å²) in [7, 11) is 3.05. The van der Waals surface area contributed by atoms with E-state index in [-0.39, 0.29) is 16.5 Å². The number of nitrogens with zero attached hydrogens (tertiary/aromatic N) is 4. The van der Waals surface area contributed by atoms with Crippen molar-refractivity contribution in [2.75, 3.05) is 76.5 Å². The fourth-order valence-electron chi connectivity index (χ4n) is 4.31. The molecule has 2 aromatic carbocycles. The van der Waals surface area contributed by atoms with E-state index in [2.05, 4.69) is 10.2 Å². The molecule has 0 aromatic heterocycles. The lowest BCUT2D eigenvalue weighted by Crippen LogP contribution is -2.52. The van der Waals surface area contributed by atoms with Crippen molar-refractivity contribution in [3.63, 3.8) is 0 Å². The first-order valence-electron chi connectivity index (χ1n) is 11.6. The van der Waals surface area contributed by atoms with Crippen LogP contribution < -0.4 is 24.6 Å². The highest BCUT2D eigenvalue weighted by Crippen LogP contribution is 2.33. The third-order valence-electron chi connectivity index (χ3n) is 6.31. The summed E-state index contributed by atoms with van der Waals surface area (Å²) in [4.78, 5) is 30.1. The van der Waals surface area contributed by atoms with Crippen molar-refractivity contribution in [2.45, 2.75) is 0 Å². The molecular formula is C24H29N5O6S. The molecule has 2 heterocycles. The van der Waals surface area contributed by atoms with Crippen LogP contribution in [0.4, 0.5) is 17.1 Å². The zero-order valence-electron chi connectivity index (χ0n) is 20.3. The maximum atomic E-state index is 12.7. The number of thiocarbonyl (C=S) groups is 1. The van der Waals surface area contributed by atoms with Gasteiger partial charge in [-0.1, -0.05) is 0 Å². The molecule has 2 aliphatic heterocycles. The lowest BCUT2D eigenvalue weighted by Gasteiger charge is -2.37. The third kappa shape index (κ3) is 5.60. The third-order valence-corrected chi connectivity index (χ3v) is 6.67. The van der Waals surface area contributed by atoms with Crippen LogP contribution in [0.3, 0.4) is 0 Å². The Kier molecular flexibility index (Phi) is 8.06. The van der Waals surface area contributed by atoms with Crippen molar-refractivity contribution in [2.24, 2.45) is 0 Å². The smallest absolute Gasteiger partial charge is 0.292 e. The monoisotopic (exact) mass is 515 g/mol. The molecule has 1 N–H and O–H groups in total. The molecule has 0 spiro atoms. The van der Waals surface area contributed by atoms with Gasteiger partial charge < -0.3 is 28.9 Å². The highest BCUT2D eigenvalue weighted by molar-refractivity contribution is 7.80. The summed E-state index contributed by atoms with van der Waals surface area (Å²) in [5.74, 6) is 0.675. The van der Waals surface area contributed by atoms with Crippen molar-refractivity contribution < 1.29 is 23.9 Å². The van der Waals surface area contributed by atoms with Crippen LogP contribution in [-0.2, 0) is 4.74 Å². The largest absolute Gasteiger partial charge is 0.493 e. The standard InChI is InChI=1S/C24H29N5O6S/c1-33-21-6-3-17(15-22(21)34-2)23(30)25-24(36)28-9-7-26(8-10-28)18-4-5-19(29(31)32)20(16-18)27-11-13-35-14-12-27/h3-6,15-16H,7-14H2,1-2H3,(H,25,30,36). The van der Waals surface area contributed by atoms with Crippen molar-refractivity contribution in [3.8, 4) is 11.5 Å². The fraction of sp³-hybridized carbons (Fsp3) is 0.417. The van der Waals surface area contributed by atoms with E-state index in [1.54, 1.807) is 30.3 Å². The van der Waals surface area contributed by atoms with Gasteiger partial charge in [-0.15, -0.1) is 0 Å². The van der Waals surface area contributed by atoms with Gasteiger partial charge in [0.1, 0.15) is 5.69 Å². The number of piperazine rings is 1. The Morgan fingerprint density at radius 2 is 1.67 bits per heavy atom. The summed E-state index contributed by atoms with van der Waals surface area (Å²) in [5, 5.41) is 14.7. The van der Waals surface area contributed by atoms with Crippen molar-refractivity contribution >= 4 is 40.3 Å². The Morgan fingerprint density at radius 1 is 0.972 bits per heavy atom. The Hall–Kier alpha value is -3.64. The predicted octanol–water partition coefficient (Wildman–Crippen LogP) is 2.29. The number of anilines is 2. The number of benzene rings is 2. The van der Waals surface area contributed by atoms with E-state index >= 15 is 0 Å². The Balaban J connectivity index is 1.38. The maximum absolute atomic E-state index is 12.7. The summed E-state index contributed by atoms with van der Waals surface area (Å²) >= 11 is 5.49. The molecule has 192 valence electrons. The Labute approximate surface area is 214 Å². The molecule has 0 aliphatic carbocycles. The first-order valence-corrected chi connectivity index (χ1v) is 12.0. The van der Waals surface area contributed by atoms with Crippen LogP contribution >= 0.6 is 12.2 Å². The van der Waals surface area contributed by atoms with Crippen molar-refractivity contribution in [1.82, 2.24) is 10.2 Å². The van der Waals surface area contributed by atoms with Gasteiger partial charge in [-0.2, -0.15) is 0 Å². The minimum Gasteiger partial charge on any atom is -0.493 e. The van der Waals surface area contributed by atoms with Crippen molar-refractivity contribution in [3.05, 3.63) is 52.1 Å². The van der Waals surface area contributed by atoms with Crippen LogP contribution in [0.5, 0.6) is 11.5 Å². The molecule has 2 fully saturated rings. The number of hydrogen-bond acceptors (Lipinski definition) is 9. The normalized spacial score (nSPS) is 15.9. The number of rotatable bonds is 6. The summed E-state index contributed by atoms with van der Waals surface area (Å²) in [5.41, 5.74) is 2.04. The van der Waals surface area contributed by atoms with Gasteiger partial charge >= 0.3 is 0 Å². The lowest BCUT2D eigenvalue weighted by molar-refractivity contribution is -0.384. The lowest BCUT2D eigenvalue weighted by atomic mass is 10.1. The van der Waals surface area contributed by atoms with Gasteiger partial charge in [0.25, 0.3) is 11.6 Å². The van der Waals surface area contributed by atoms with Crippen LogP contribution in [0.2, 0.25) is 0 Å². The number of morpholine rings is 1. The van der Waals surface area contributed by atoms with E-state index in [0.717, 1.165) is 5.69 Å².